The molecule has 25 heavy (non-hydrogen) atoms. The standard InChI is InChI=1S/C17H24N2O6/c1-8-5-14(21)24-11(4)15(8)17(22)23-7-13(20)19-16-12(6-18)9(2)10(3)25-16/h8-12,15-16H,5,7H2,1-4H3,(H,19,20). The van der Waals surface area contributed by atoms with Crippen LogP contribution in [0.4, 0.5) is 0 Å². The molecule has 1 amide bonds. The lowest BCUT2D eigenvalue weighted by Gasteiger charge is -2.31. The minimum absolute atomic E-state index is 0.00326. The third kappa shape index (κ3) is 4.28. The molecule has 0 bridgehead atoms. The van der Waals surface area contributed by atoms with Gasteiger partial charge in [-0.05, 0) is 19.8 Å². The Morgan fingerprint density at radius 3 is 2.56 bits per heavy atom. The molecule has 0 aromatic heterocycles. The van der Waals surface area contributed by atoms with Crippen molar-refractivity contribution >= 4 is 17.8 Å². The summed E-state index contributed by atoms with van der Waals surface area (Å²) in [5, 5.41) is 11.8. The molecular formula is C17H24N2O6. The number of ether oxygens (including phenoxy) is 3. The fourth-order valence-electron chi connectivity index (χ4n) is 3.36. The van der Waals surface area contributed by atoms with Crippen molar-refractivity contribution in [3.63, 3.8) is 0 Å². The SMILES string of the molecule is CC1CC(=O)OC(C)C1C(=O)OCC(=O)NC1OC(C)C(C)C1C#N. The van der Waals surface area contributed by atoms with E-state index in [9.17, 15) is 19.6 Å². The summed E-state index contributed by atoms with van der Waals surface area (Å²) in [6.07, 6.45) is -1.30. The maximum Gasteiger partial charge on any atom is 0.313 e. The molecule has 8 heteroatoms. The van der Waals surface area contributed by atoms with E-state index in [1.54, 1.807) is 13.8 Å². The Morgan fingerprint density at radius 1 is 1.28 bits per heavy atom. The Balaban J connectivity index is 1.85. The van der Waals surface area contributed by atoms with E-state index in [-0.39, 0.29) is 30.3 Å². The lowest BCUT2D eigenvalue weighted by Crippen LogP contribution is -2.44. The van der Waals surface area contributed by atoms with Crippen LogP contribution < -0.4 is 5.32 Å². The van der Waals surface area contributed by atoms with Crippen molar-refractivity contribution in [2.75, 3.05) is 6.61 Å². The zero-order valence-electron chi connectivity index (χ0n) is 14.9. The number of carbonyl (C=O) groups excluding carboxylic acids is 3. The van der Waals surface area contributed by atoms with Gasteiger partial charge in [-0.25, -0.2) is 0 Å². The number of nitrogens with one attached hydrogen (secondary N) is 1. The Hall–Kier alpha value is -2.14. The number of esters is 2. The highest BCUT2D eigenvalue weighted by atomic mass is 16.6. The van der Waals surface area contributed by atoms with E-state index in [1.165, 1.54) is 0 Å². The zero-order chi connectivity index (χ0) is 18.7. The van der Waals surface area contributed by atoms with Crippen molar-refractivity contribution < 1.29 is 28.6 Å². The molecule has 7 unspecified atom stereocenters. The molecule has 2 aliphatic heterocycles. The van der Waals surface area contributed by atoms with Gasteiger partial charge in [-0.2, -0.15) is 5.26 Å². The number of hydrogen-bond donors (Lipinski definition) is 1. The van der Waals surface area contributed by atoms with Gasteiger partial charge in [0.15, 0.2) is 6.61 Å². The molecule has 138 valence electrons. The van der Waals surface area contributed by atoms with Crippen LogP contribution in [-0.2, 0) is 28.6 Å². The second-order valence-electron chi connectivity index (χ2n) is 6.85. The Bertz CT molecular complexity index is 572. The van der Waals surface area contributed by atoms with Crippen molar-refractivity contribution in [3.8, 4) is 6.07 Å². The van der Waals surface area contributed by atoms with Gasteiger partial charge in [0.1, 0.15) is 12.3 Å². The van der Waals surface area contributed by atoms with Crippen molar-refractivity contribution in [1.29, 1.82) is 5.26 Å². The van der Waals surface area contributed by atoms with Crippen LogP contribution in [0.1, 0.15) is 34.1 Å². The first-order chi connectivity index (χ1) is 11.7. The van der Waals surface area contributed by atoms with Gasteiger partial charge in [0.2, 0.25) is 0 Å². The monoisotopic (exact) mass is 352 g/mol. The maximum atomic E-state index is 12.2. The van der Waals surface area contributed by atoms with Crippen molar-refractivity contribution in [2.24, 2.45) is 23.7 Å². The van der Waals surface area contributed by atoms with Gasteiger partial charge in [0.25, 0.3) is 5.91 Å². The van der Waals surface area contributed by atoms with Crippen LogP contribution in [0.25, 0.3) is 0 Å². The maximum absolute atomic E-state index is 12.2. The van der Waals surface area contributed by atoms with E-state index in [0.717, 1.165) is 0 Å². The second-order valence-corrected chi connectivity index (χ2v) is 6.85. The summed E-state index contributed by atoms with van der Waals surface area (Å²) < 4.78 is 15.7. The van der Waals surface area contributed by atoms with Gasteiger partial charge in [-0.1, -0.05) is 13.8 Å². The quantitative estimate of drug-likeness (QED) is 0.743. The molecule has 0 saturated carbocycles. The zero-order valence-corrected chi connectivity index (χ0v) is 14.9. The van der Waals surface area contributed by atoms with Crippen LogP contribution in [-0.4, -0.2) is 42.9 Å². The molecule has 0 aliphatic carbocycles. The number of carbonyl (C=O) groups is 3. The minimum atomic E-state index is -0.713. The molecule has 0 spiro atoms. The summed E-state index contributed by atoms with van der Waals surface area (Å²) in [7, 11) is 0. The number of nitriles is 1. The van der Waals surface area contributed by atoms with Crippen LogP contribution in [0.15, 0.2) is 0 Å². The smallest absolute Gasteiger partial charge is 0.313 e. The van der Waals surface area contributed by atoms with Crippen molar-refractivity contribution in [1.82, 2.24) is 5.32 Å². The predicted octanol–water partition coefficient (Wildman–Crippen LogP) is 0.754. The Labute approximate surface area is 146 Å². The average Bonchev–Trinajstić information content (AvgIpc) is 2.78. The molecular weight excluding hydrogens is 328 g/mol. The first-order valence-corrected chi connectivity index (χ1v) is 8.45. The molecule has 2 rings (SSSR count). The molecule has 0 aromatic carbocycles. The number of amides is 1. The third-order valence-electron chi connectivity index (χ3n) is 4.99. The molecule has 0 aromatic rings. The van der Waals surface area contributed by atoms with Crippen LogP contribution >= 0.6 is 0 Å². The number of hydrogen-bond acceptors (Lipinski definition) is 7. The summed E-state index contributed by atoms with van der Waals surface area (Å²) >= 11 is 0. The van der Waals surface area contributed by atoms with Gasteiger partial charge < -0.3 is 19.5 Å². The van der Waals surface area contributed by atoms with Crippen LogP contribution in [0.5, 0.6) is 0 Å². The lowest BCUT2D eigenvalue weighted by molar-refractivity contribution is -0.174. The van der Waals surface area contributed by atoms with Crippen molar-refractivity contribution in [2.45, 2.75) is 52.6 Å². The number of nitrogens with zero attached hydrogens (tertiary/aromatic N) is 1. The summed E-state index contributed by atoms with van der Waals surface area (Å²) in [6, 6.07) is 2.14. The van der Waals surface area contributed by atoms with Gasteiger partial charge in [0.05, 0.1) is 24.0 Å². The van der Waals surface area contributed by atoms with Gasteiger partial charge in [0, 0.05) is 12.3 Å². The third-order valence-corrected chi connectivity index (χ3v) is 4.99. The number of rotatable bonds is 4. The highest BCUT2D eigenvalue weighted by Crippen LogP contribution is 2.30. The number of cyclic esters (lactones) is 1. The van der Waals surface area contributed by atoms with Crippen LogP contribution in [0, 0.1) is 35.0 Å². The molecule has 2 saturated heterocycles. The fourth-order valence-corrected chi connectivity index (χ4v) is 3.36. The molecule has 0 radical (unpaired) electrons. The summed E-state index contributed by atoms with van der Waals surface area (Å²) in [6.45, 7) is 6.66. The van der Waals surface area contributed by atoms with Crippen LogP contribution in [0.2, 0.25) is 0 Å². The second kappa shape index (κ2) is 7.83. The fraction of sp³-hybridized carbons (Fsp3) is 0.765. The van der Waals surface area contributed by atoms with E-state index in [4.69, 9.17) is 14.2 Å². The molecule has 2 heterocycles. The molecule has 2 fully saturated rings. The summed E-state index contributed by atoms with van der Waals surface area (Å²) in [4.78, 5) is 35.6. The van der Waals surface area contributed by atoms with Gasteiger partial charge in [-0.15, -0.1) is 0 Å². The van der Waals surface area contributed by atoms with Crippen LogP contribution in [0.3, 0.4) is 0 Å². The minimum Gasteiger partial charge on any atom is -0.462 e. The summed E-state index contributed by atoms with van der Waals surface area (Å²) in [5.74, 6) is -2.72. The molecule has 7 atom stereocenters. The lowest BCUT2D eigenvalue weighted by atomic mass is 9.85. The normalized spacial score (nSPS) is 37.7. The highest BCUT2D eigenvalue weighted by molar-refractivity contribution is 5.83. The summed E-state index contributed by atoms with van der Waals surface area (Å²) in [5.41, 5.74) is 0. The van der Waals surface area contributed by atoms with Crippen molar-refractivity contribution in [3.05, 3.63) is 0 Å². The van der Waals surface area contributed by atoms with E-state index >= 15 is 0 Å². The van der Waals surface area contributed by atoms with E-state index in [1.807, 2.05) is 13.8 Å². The average molecular weight is 352 g/mol. The van der Waals surface area contributed by atoms with Gasteiger partial charge in [-0.3, -0.25) is 14.4 Å². The topological polar surface area (TPSA) is 115 Å². The molecule has 1 N–H and O–H groups in total. The first kappa shape index (κ1) is 19.2. The molecule has 8 nitrogen and oxygen atoms in total. The van der Waals surface area contributed by atoms with Gasteiger partial charge >= 0.3 is 11.9 Å². The highest BCUT2D eigenvalue weighted by Gasteiger charge is 2.42. The largest absolute Gasteiger partial charge is 0.462 e. The van der Waals surface area contributed by atoms with E-state index in [2.05, 4.69) is 11.4 Å². The first-order valence-electron chi connectivity index (χ1n) is 8.45. The Kier molecular flexibility index (Phi) is 6.01. The van der Waals surface area contributed by atoms with E-state index < -0.39 is 42.7 Å². The molecule has 2 aliphatic rings. The Morgan fingerprint density at radius 2 is 1.96 bits per heavy atom. The van der Waals surface area contributed by atoms with E-state index in [0.29, 0.717) is 0 Å². The predicted molar refractivity (Wildman–Crippen MR) is 84.5 cm³/mol.